The van der Waals surface area contributed by atoms with Crippen molar-refractivity contribution in [2.75, 3.05) is 6.54 Å². The van der Waals surface area contributed by atoms with Crippen LogP contribution in [0.1, 0.15) is 31.2 Å². The molecule has 0 spiro atoms. The summed E-state index contributed by atoms with van der Waals surface area (Å²) in [4.78, 5) is 28.5. The molecular weight excluding hydrogens is 435 g/mol. The number of H-pyrrole nitrogens is 1. The second-order valence-electron chi connectivity index (χ2n) is 8.71. The van der Waals surface area contributed by atoms with Crippen LogP contribution in [0, 0.1) is 23.6 Å². The van der Waals surface area contributed by atoms with Crippen LogP contribution in [0.5, 0.6) is 0 Å². The average Bonchev–Trinajstić information content (AvgIpc) is 3.39. The number of aromatic amines is 1. The standard InChI is InChI=1S/C22H24ClFN6O2/c23-12-5-16(26-7-12)21(29-18-11-3-1-10(2-4-11)17(18)22(31)32)30-19(25)15-9-28-20-14(15)6-13(24)8-27-20/h5-6,8-12,17-18,26H,1-4,7H2,(H,27,28)(H,31,32)(H2,25,29,30)/t10?,11?,12?,17-,18-/m0/s1. The number of nitrogens with two attached hydrogens (primary N) is 1. The molecule has 5 N–H and O–H groups in total. The van der Waals surface area contributed by atoms with E-state index in [0.29, 0.717) is 34.7 Å². The van der Waals surface area contributed by atoms with E-state index in [1.165, 1.54) is 6.07 Å². The summed E-state index contributed by atoms with van der Waals surface area (Å²) in [6.07, 6.45) is 8.34. The van der Waals surface area contributed by atoms with Crippen LogP contribution in [0.25, 0.3) is 11.0 Å². The van der Waals surface area contributed by atoms with Gasteiger partial charge in [0.2, 0.25) is 0 Å². The zero-order valence-corrected chi connectivity index (χ0v) is 18.0. The molecule has 2 bridgehead atoms. The number of amidine groups is 2. The normalized spacial score (nSPS) is 30.4. The highest BCUT2D eigenvalue weighted by Gasteiger charge is 2.47. The van der Waals surface area contributed by atoms with Gasteiger partial charge >= 0.3 is 5.97 Å². The molecule has 3 heterocycles. The van der Waals surface area contributed by atoms with Crippen molar-refractivity contribution in [3.63, 3.8) is 0 Å². The summed E-state index contributed by atoms with van der Waals surface area (Å²) < 4.78 is 13.8. The predicted octanol–water partition coefficient (Wildman–Crippen LogP) is 2.79. The minimum atomic E-state index is -0.814. The third-order valence-corrected chi connectivity index (χ3v) is 7.09. The second kappa shape index (κ2) is 8.20. The summed E-state index contributed by atoms with van der Waals surface area (Å²) in [5.74, 6) is -1.03. The Morgan fingerprint density at radius 2 is 2.03 bits per heavy atom. The molecule has 0 amide bonds. The number of hydrogen-bond acceptors (Lipinski definition) is 4. The number of carbonyl (C=O) groups is 1. The molecule has 2 aromatic rings. The lowest BCUT2D eigenvalue weighted by atomic mass is 9.62. The third-order valence-electron chi connectivity index (χ3n) is 6.81. The van der Waals surface area contributed by atoms with Crippen LogP contribution < -0.4 is 11.1 Å². The number of alkyl halides is 1. The minimum Gasteiger partial charge on any atom is -0.481 e. The van der Waals surface area contributed by atoms with Gasteiger partial charge in [0, 0.05) is 23.7 Å². The van der Waals surface area contributed by atoms with E-state index in [2.05, 4.69) is 20.3 Å². The molecule has 3 atom stereocenters. The van der Waals surface area contributed by atoms with Crippen molar-refractivity contribution in [2.24, 2.45) is 33.5 Å². The zero-order chi connectivity index (χ0) is 22.4. The first-order chi connectivity index (χ1) is 15.4. The number of nitrogens with one attached hydrogen (secondary N) is 2. The number of carboxylic acids is 1. The molecule has 0 radical (unpaired) electrons. The number of fused-ring (bicyclic) bond motifs is 4. The van der Waals surface area contributed by atoms with E-state index >= 15 is 0 Å². The lowest BCUT2D eigenvalue weighted by Crippen LogP contribution is -2.47. The molecule has 1 aliphatic heterocycles. The smallest absolute Gasteiger partial charge is 0.308 e. The van der Waals surface area contributed by atoms with Crippen molar-refractivity contribution in [3.05, 3.63) is 41.6 Å². The number of carboxylic acid groups (broad SMARTS) is 1. The second-order valence-corrected chi connectivity index (χ2v) is 9.27. The van der Waals surface area contributed by atoms with Crippen molar-refractivity contribution in [3.8, 4) is 0 Å². The SMILES string of the molecule is NC(=NC(=N[C@H]1C2CCC(CC2)[C@@H]1C(=O)O)C1=CC(Cl)CN1)c1c[nH]c2ncc(F)cc12. The van der Waals surface area contributed by atoms with Crippen molar-refractivity contribution in [1.82, 2.24) is 15.3 Å². The number of aliphatic carboxylic acids is 1. The van der Waals surface area contributed by atoms with Crippen LogP contribution >= 0.6 is 11.6 Å². The van der Waals surface area contributed by atoms with Crippen LogP contribution in [0.3, 0.4) is 0 Å². The van der Waals surface area contributed by atoms with Gasteiger partial charge < -0.3 is 21.1 Å². The van der Waals surface area contributed by atoms with Gasteiger partial charge in [-0.2, -0.15) is 0 Å². The van der Waals surface area contributed by atoms with E-state index < -0.39 is 17.7 Å². The van der Waals surface area contributed by atoms with Gasteiger partial charge in [0.25, 0.3) is 0 Å². The number of aliphatic imine (C=N–C) groups is 2. The fourth-order valence-electron chi connectivity index (χ4n) is 5.27. The van der Waals surface area contributed by atoms with E-state index in [4.69, 9.17) is 22.3 Å². The van der Waals surface area contributed by atoms with Crippen molar-refractivity contribution >= 4 is 40.3 Å². The third kappa shape index (κ3) is 3.74. The molecule has 3 saturated carbocycles. The van der Waals surface area contributed by atoms with Gasteiger partial charge in [0.15, 0.2) is 5.84 Å². The fraction of sp³-hybridized carbons (Fsp3) is 0.455. The maximum absolute atomic E-state index is 13.8. The Balaban J connectivity index is 1.57. The molecule has 3 fully saturated rings. The topological polar surface area (TPSA) is 129 Å². The molecule has 2 aromatic heterocycles. The largest absolute Gasteiger partial charge is 0.481 e. The fourth-order valence-corrected chi connectivity index (χ4v) is 5.48. The monoisotopic (exact) mass is 458 g/mol. The molecule has 6 rings (SSSR count). The Hall–Kier alpha value is -2.94. The van der Waals surface area contributed by atoms with Crippen molar-refractivity contribution in [2.45, 2.75) is 37.1 Å². The molecule has 10 heteroatoms. The molecule has 4 aliphatic rings. The Kier molecular flexibility index (Phi) is 5.36. The molecule has 0 saturated heterocycles. The number of pyridine rings is 1. The van der Waals surface area contributed by atoms with E-state index in [-0.39, 0.29) is 29.1 Å². The summed E-state index contributed by atoms with van der Waals surface area (Å²) in [5.41, 5.74) is 7.95. The minimum absolute atomic E-state index is 0.128. The number of hydrogen-bond donors (Lipinski definition) is 4. The van der Waals surface area contributed by atoms with E-state index in [1.807, 2.05) is 6.08 Å². The van der Waals surface area contributed by atoms with Crippen LogP contribution in [0.2, 0.25) is 0 Å². The Bertz CT molecular complexity index is 1150. The van der Waals surface area contributed by atoms with Crippen LogP contribution in [-0.4, -0.2) is 50.7 Å². The number of aromatic nitrogens is 2. The van der Waals surface area contributed by atoms with Crippen LogP contribution in [-0.2, 0) is 4.79 Å². The first-order valence-electron chi connectivity index (χ1n) is 10.8. The Labute approximate surface area is 188 Å². The molecular formula is C22H24ClFN6O2. The molecule has 1 unspecified atom stereocenters. The highest BCUT2D eigenvalue weighted by atomic mass is 35.5. The van der Waals surface area contributed by atoms with E-state index in [0.717, 1.165) is 31.9 Å². The first-order valence-corrected chi connectivity index (χ1v) is 11.2. The lowest BCUT2D eigenvalue weighted by Gasteiger charge is -2.45. The maximum Gasteiger partial charge on any atom is 0.308 e. The molecule has 32 heavy (non-hydrogen) atoms. The highest BCUT2D eigenvalue weighted by molar-refractivity contribution is 6.23. The van der Waals surface area contributed by atoms with Gasteiger partial charge in [0.1, 0.15) is 17.3 Å². The van der Waals surface area contributed by atoms with Gasteiger partial charge in [-0.3, -0.25) is 9.79 Å². The number of nitrogens with zero attached hydrogens (tertiary/aromatic N) is 3. The van der Waals surface area contributed by atoms with Crippen LogP contribution in [0.4, 0.5) is 4.39 Å². The number of halogens is 2. The lowest BCUT2D eigenvalue weighted by molar-refractivity contribution is -0.148. The van der Waals surface area contributed by atoms with E-state index in [9.17, 15) is 14.3 Å². The summed E-state index contributed by atoms with van der Waals surface area (Å²) in [6.45, 7) is 0.520. The Morgan fingerprint density at radius 3 is 2.72 bits per heavy atom. The quantitative estimate of drug-likeness (QED) is 0.318. The summed E-state index contributed by atoms with van der Waals surface area (Å²) >= 11 is 6.24. The van der Waals surface area contributed by atoms with Gasteiger partial charge in [0.05, 0.1) is 29.2 Å². The van der Waals surface area contributed by atoms with Crippen LogP contribution in [0.15, 0.2) is 40.2 Å². The molecule has 8 nitrogen and oxygen atoms in total. The van der Waals surface area contributed by atoms with Gasteiger partial charge in [-0.25, -0.2) is 14.4 Å². The first kappa shape index (κ1) is 20.9. The van der Waals surface area contributed by atoms with Crippen molar-refractivity contribution in [1.29, 1.82) is 0 Å². The van der Waals surface area contributed by atoms with Crippen molar-refractivity contribution < 1.29 is 14.3 Å². The molecule has 0 aromatic carbocycles. The molecule has 168 valence electrons. The molecule has 3 aliphatic carbocycles. The number of rotatable bonds is 4. The summed E-state index contributed by atoms with van der Waals surface area (Å²) in [6, 6.07) is 0.973. The average molecular weight is 459 g/mol. The van der Waals surface area contributed by atoms with Gasteiger partial charge in [-0.05, 0) is 49.7 Å². The Morgan fingerprint density at radius 1 is 1.28 bits per heavy atom. The highest BCUT2D eigenvalue weighted by Crippen LogP contribution is 2.47. The maximum atomic E-state index is 13.8. The predicted molar refractivity (Wildman–Crippen MR) is 120 cm³/mol. The summed E-state index contributed by atoms with van der Waals surface area (Å²) in [5, 5.41) is 13.4. The van der Waals surface area contributed by atoms with Gasteiger partial charge in [-0.15, -0.1) is 11.6 Å². The zero-order valence-electron chi connectivity index (χ0n) is 17.3. The van der Waals surface area contributed by atoms with E-state index in [1.54, 1.807) is 6.20 Å². The summed E-state index contributed by atoms with van der Waals surface area (Å²) in [7, 11) is 0. The van der Waals surface area contributed by atoms with Gasteiger partial charge in [-0.1, -0.05) is 0 Å².